The summed E-state index contributed by atoms with van der Waals surface area (Å²) < 4.78 is 0. The predicted molar refractivity (Wildman–Crippen MR) is 91.1 cm³/mol. The Hall–Kier alpha value is -1.18. The molecular formula is C15H18N2O3S2. The van der Waals surface area contributed by atoms with Gasteiger partial charge in [-0.2, -0.15) is 0 Å². The Morgan fingerprint density at radius 1 is 1.41 bits per heavy atom. The minimum atomic E-state index is -0.774. The maximum atomic E-state index is 11.2. The number of aliphatic imine (C=N–C) groups is 1. The first-order chi connectivity index (χ1) is 10.5. The monoisotopic (exact) mass is 338 g/mol. The molecule has 0 bridgehead atoms. The number of phenols is 1. The first-order valence-electron chi connectivity index (χ1n) is 7.04. The number of thioether (sulfide) groups is 2. The number of benzene rings is 1. The number of hydrogen-bond donors (Lipinski definition) is 2. The minimum Gasteiger partial charge on any atom is -0.507 e. The summed E-state index contributed by atoms with van der Waals surface area (Å²) in [5.74, 6) is 0.881. The Labute approximate surface area is 137 Å². The highest BCUT2D eigenvalue weighted by molar-refractivity contribution is 8.14. The van der Waals surface area contributed by atoms with Gasteiger partial charge >= 0.3 is 5.97 Å². The molecule has 2 aliphatic heterocycles. The normalized spacial score (nSPS) is 28.8. The number of carboxylic acids is 1. The number of aliphatic carboxylic acids is 1. The fourth-order valence-corrected chi connectivity index (χ4v) is 5.49. The first kappa shape index (κ1) is 15.7. The fourth-order valence-electron chi connectivity index (χ4n) is 2.73. The molecule has 22 heavy (non-hydrogen) atoms. The van der Waals surface area contributed by atoms with E-state index in [2.05, 4.69) is 0 Å². The van der Waals surface area contributed by atoms with Crippen molar-refractivity contribution in [3.05, 3.63) is 29.3 Å². The van der Waals surface area contributed by atoms with Crippen molar-refractivity contribution in [1.29, 1.82) is 0 Å². The number of aryl methyl sites for hydroxylation is 1. The quantitative estimate of drug-likeness (QED) is 0.878. The third-order valence-corrected chi connectivity index (χ3v) is 6.59. The molecule has 0 aromatic heterocycles. The van der Waals surface area contributed by atoms with Gasteiger partial charge in [0.05, 0.1) is 11.4 Å². The molecule has 0 radical (unpaired) electrons. The first-order valence-corrected chi connectivity index (χ1v) is 9.07. The predicted octanol–water partition coefficient (Wildman–Crippen LogP) is 2.02. The van der Waals surface area contributed by atoms with Gasteiger partial charge in [-0.1, -0.05) is 11.6 Å². The number of phenolic OH excluding ortho intramolecular Hbond substituents is 1. The van der Waals surface area contributed by atoms with Crippen LogP contribution in [0.1, 0.15) is 11.1 Å². The third kappa shape index (κ3) is 2.85. The van der Waals surface area contributed by atoms with Gasteiger partial charge in [-0.05, 0) is 26.1 Å². The molecule has 7 heteroatoms. The molecule has 1 aromatic rings. The smallest absolute Gasteiger partial charge is 0.321 e. The van der Waals surface area contributed by atoms with Crippen LogP contribution in [0, 0.1) is 6.92 Å². The van der Waals surface area contributed by atoms with Crippen LogP contribution in [0.4, 0.5) is 0 Å². The third-order valence-electron chi connectivity index (χ3n) is 3.99. The van der Waals surface area contributed by atoms with E-state index in [1.807, 2.05) is 31.0 Å². The van der Waals surface area contributed by atoms with E-state index in [1.54, 1.807) is 29.6 Å². The lowest BCUT2D eigenvalue weighted by atomic mass is 10.1. The second-order valence-electron chi connectivity index (χ2n) is 5.58. The van der Waals surface area contributed by atoms with Crippen molar-refractivity contribution in [2.75, 3.05) is 18.6 Å². The van der Waals surface area contributed by atoms with Crippen molar-refractivity contribution in [3.63, 3.8) is 0 Å². The molecule has 0 amide bonds. The van der Waals surface area contributed by atoms with Gasteiger partial charge in [0.1, 0.15) is 16.8 Å². The molecule has 2 aliphatic rings. The van der Waals surface area contributed by atoms with Gasteiger partial charge in [0.25, 0.3) is 0 Å². The van der Waals surface area contributed by atoms with Gasteiger partial charge in [0, 0.05) is 17.1 Å². The lowest BCUT2D eigenvalue weighted by Gasteiger charge is -2.24. The van der Waals surface area contributed by atoms with Crippen LogP contribution in [0.2, 0.25) is 0 Å². The molecule has 2 unspecified atom stereocenters. The largest absolute Gasteiger partial charge is 0.507 e. The average Bonchev–Trinajstić information content (AvgIpc) is 3.07. The highest BCUT2D eigenvalue weighted by Crippen LogP contribution is 2.37. The maximum absolute atomic E-state index is 11.2. The molecule has 1 saturated heterocycles. The van der Waals surface area contributed by atoms with E-state index in [4.69, 9.17) is 4.99 Å². The Morgan fingerprint density at radius 2 is 2.18 bits per heavy atom. The summed E-state index contributed by atoms with van der Waals surface area (Å²) in [6.45, 7) is 1.98. The lowest BCUT2D eigenvalue weighted by Crippen LogP contribution is -2.42. The van der Waals surface area contributed by atoms with Crippen LogP contribution in [0.3, 0.4) is 0 Å². The second-order valence-corrected chi connectivity index (χ2v) is 7.73. The van der Waals surface area contributed by atoms with Crippen LogP contribution < -0.4 is 0 Å². The summed E-state index contributed by atoms with van der Waals surface area (Å²) in [5, 5.41) is 20.2. The molecule has 3 atom stereocenters. The van der Waals surface area contributed by atoms with Crippen LogP contribution >= 0.6 is 23.5 Å². The number of hydrogen-bond acceptors (Lipinski definition) is 6. The number of aromatic hydroxyl groups is 1. The standard InChI is InChI=1S/C15H18N2O3S2/c1-8-3-4-12(18)9(5-8)13-16-10(6-21-13)14-17(2)11(7-22-14)15(19)20/h3-5,10-11,14,18H,6-7H2,1-2H3,(H,19,20)/t10?,11-,14?/m1/s1. The number of rotatable bonds is 3. The average molecular weight is 338 g/mol. The Bertz CT molecular complexity index is 635. The zero-order chi connectivity index (χ0) is 15.9. The van der Waals surface area contributed by atoms with Crippen molar-refractivity contribution in [2.45, 2.75) is 24.4 Å². The highest BCUT2D eigenvalue weighted by atomic mass is 32.2. The number of likely N-dealkylation sites (N-methyl/N-ethyl adjacent to an activating group) is 1. The van der Waals surface area contributed by atoms with Crippen LogP contribution in [0.25, 0.3) is 0 Å². The molecule has 1 fully saturated rings. The van der Waals surface area contributed by atoms with E-state index < -0.39 is 12.0 Å². The molecule has 118 valence electrons. The lowest BCUT2D eigenvalue weighted by molar-refractivity contribution is -0.141. The fraction of sp³-hybridized carbons (Fsp3) is 0.467. The maximum Gasteiger partial charge on any atom is 0.321 e. The molecule has 2 heterocycles. The number of carboxylic acid groups (broad SMARTS) is 1. The van der Waals surface area contributed by atoms with Gasteiger partial charge in [0.15, 0.2) is 0 Å². The number of nitrogens with zero attached hydrogens (tertiary/aromatic N) is 2. The van der Waals surface area contributed by atoms with Crippen molar-refractivity contribution in [1.82, 2.24) is 4.90 Å². The van der Waals surface area contributed by atoms with E-state index in [9.17, 15) is 15.0 Å². The van der Waals surface area contributed by atoms with Gasteiger partial charge in [-0.15, -0.1) is 23.5 Å². The van der Waals surface area contributed by atoms with E-state index in [0.717, 1.165) is 21.9 Å². The summed E-state index contributed by atoms with van der Waals surface area (Å²) in [4.78, 5) is 17.9. The van der Waals surface area contributed by atoms with Crippen LogP contribution in [0.15, 0.2) is 23.2 Å². The van der Waals surface area contributed by atoms with Gasteiger partial charge < -0.3 is 10.2 Å². The van der Waals surface area contributed by atoms with Gasteiger partial charge in [0.2, 0.25) is 0 Å². The zero-order valence-electron chi connectivity index (χ0n) is 12.4. The SMILES string of the molecule is Cc1ccc(O)c(C2=NC(C3SC[C@H](C(=O)O)N3C)CS2)c1. The molecule has 0 saturated carbocycles. The molecule has 1 aromatic carbocycles. The summed E-state index contributed by atoms with van der Waals surface area (Å²) in [6.07, 6.45) is 0. The van der Waals surface area contributed by atoms with Crippen molar-refractivity contribution < 1.29 is 15.0 Å². The van der Waals surface area contributed by atoms with E-state index >= 15 is 0 Å². The van der Waals surface area contributed by atoms with Crippen LogP contribution in [0.5, 0.6) is 5.75 Å². The van der Waals surface area contributed by atoms with Crippen LogP contribution in [-0.4, -0.2) is 62.1 Å². The summed E-state index contributed by atoms with van der Waals surface area (Å²) in [6, 6.07) is 5.12. The van der Waals surface area contributed by atoms with Gasteiger partial charge in [-0.3, -0.25) is 14.7 Å². The molecule has 0 spiro atoms. The van der Waals surface area contributed by atoms with Crippen molar-refractivity contribution in [2.24, 2.45) is 4.99 Å². The Morgan fingerprint density at radius 3 is 2.86 bits per heavy atom. The van der Waals surface area contributed by atoms with E-state index in [1.165, 1.54) is 0 Å². The summed E-state index contributed by atoms with van der Waals surface area (Å²) >= 11 is 3.28. The minimum absolute atomic E-state index is 0.0549. The topological polar surface area (TPSA) is 73.1 Å². The summed E-state index contributed by atoms with van der Waals surface area (Å²) in [5.41, 5.74) is 1.85. The van der Waals surface area contributed by atoms with Crippen molar-refractivity contribution >= 4 is 34.5 Å². The molecule has 0 aliphatic carbocycles. The highest BCUT2D eigenvalue weighted by Gasteiger charge is 2.41. The van der Waals surface area contributed by atoms with E-state index in [0.29, 0.717) is 5.75 Å². The molecular weight excluding hydrogens is 320 g/mol. The van der Waals surface area contributed by atoms with E-state index in [-0.39, 0.29) is 17.2 Å². The van der Waals surface area contributed by atoms with Crippen molar-refractivity contribution in [3.8, 4) is 5.75 Å². The van der Waals surface area contributed by atoms with Gasteiger partial charge in [-0.25, -0.2) is 0 Å². The Balaban J connectivity index is 1.80. The summed E-state index contributed by atoms with van der Waals surface area (Å²) in [7, 11) is 1.85. The second kappa shape index (κ2) is 6.14. The zero-order valence-corrected chi connectivity index (χ0v) is 14.0. The molecule has 3 rings (SSSR count). The molecule has 5 nitrogen and oxygen atoms in total. The Kier molecular flexibility index (Phi) is 4.38. The molecule has 2 N–H and O–H groups in total. The van der Waals surface area contributed by atoms with Crippen LogP contribution in [-0.2, 0) is 4.79 Å². The number of carbonyl (C=O) groups is 1.